The zero-order valence-electron chi connectivity index (χ0n) is 10.9. The Hall–Kier alpha value is -1.68. The van der Waals surface area contributed by atoms with Crippen LogP contribution in [-0.2, 0) is 6.54 Å². The smallest absolute Gasteiger partial charge is 0.162 e. The van der Waals surface area contributed by atoms with Gasteiger partial charge in [0.05, 0.1) is 7.11 Å². The summed E-state index contributed by atoms with van der Waals surface area (Å²) in [7, 11) is 1.55. The lowest BCUT2D eigenvalue weighted by Crippen LogP contribution is -2.01. The predicted octanol–water partition coefficient (Wildman–Crippen LogP) is 4.08. The molecule has 2 N–H and O–H groups in total. The van der Waals surface area contributed by atoms with Crippen LogP contribution < -0.4 is 10.1 Å². The third-order valence-electron chi connectivity index (χ3n) is 2.96. The number of para-hydroxylation sites is 1. The lowest BCUT2D eigenvalue weighted by atomic mass is 10.1. The molecule has 100 valence electrons. The van der Waals surface area contributed by atoms with Crippen molar-refractivity contribution in [2.24, 2.45) is 0 Å². The number of halogens is 1. The van der Waals surface area contributed by atoms with Crippen LogP contribution >= 0.6 is 15.9 Å². The molecule has 0 bridgehead atoms. The fourth-order valence-electron chi connectivity index (χ4n) is 1.89. The Labute approximate surface area is 121 Å². The van der Waals surface area contributed by atoms with Crippen molar-refractivity contribution < 1.29 is 9.84 Å². The molecular weight excluding hydrogens is 306 g/mol. The molecule has 0 aliphatic carbocycles. The van der Waals surface area contributed by atoms with Crippen LogP contribution in [-0.4, -0.2) is 12.2 Å². The highest BCUT2D eigenvalue weighted by Crippen LogP contribution is 2.30. The topological polar surface area (TPSA) is 41.5 Å². The summed E-state index contributed by atoms with van der Waals surface area (Å²) in [5.74, 6) is 0.680. The van der Waals surface area contributed by atoms with Gasteiger partial charge in [-0.15, -0.1) is 0 Å². The molecule has 0 heterocycles. The maximum Gasteiger partial charge on any atom is 0.162 e. The van der Waals surface area contributed by atoms with E-state index < -0.39 is 0 Å². The van der Waals surface area contributed by atoms with Gasteiger partial charge in [0, 0.05) is 22.3 Å². The SMILES string of the molecule is COc1cccc(CNc2ccc(Br)cc2C)c1O. The van der Waals surface area contributed by atoms with Crippen LogP contribution in [0.5, 0.6) is 11.5 Å². The molecule has 0 radical (unpaired) electrons. The van der Waals surface area contributed by atoms with Gasteiger partial charge < -0.3 is 15.2 Å². The molecule has 0 fully saturated rings. The van der Waals surface area contributed by atoms with Crippen LogP contribution in [0.4, 0.5) is 5.69 Å². The Morgan fingerprint density at radius 1 is 1.26 bits per heavy atom. The van der Waals surface area contributed by atoms with E-state index in [0.29, 0.717) is 12.3 Å². The summed E-state index contributed by atoms with van der Waals surface area (Å²) in [6.45, 7) is 2.59. The summed E-state index contributed by atoms with van der Waals surface area (Å²) < 4.78 is 6.15. The molecule has 0 aliphatic heterocycles. The fourth-order valence-corrected chi connectivity index (χ4v) is 2.37. The molecule has 2 aromatic rings. The van der Waals surface area contributed by atoms with Crippen LogP contribution in [0.25, 0.3) is 0 Å². The Kier molecular flexibility index (Phi) is 4.32. The van der Waals surface area contributed by atoms with E-state index >= 15 is 0 Å². The zero-order valence-corrected chi connectivity index (χ0v) is 12.5. The number of methoxy groups -OCH3 is 1. The predicted molar refractivity (Wildman–Crippen MR) is 80.9 cm³/mol. The second-order valence-electron chi connectivity index (χ2n) is 4.28. The molecule has 0 saturated heterocycles. The average molecular weight is 322 g/mol. The Bertz CT molecular complexity index is 584. The molecule has 3 nitrogen and oxygen atoms in total. The highest BCUT2D eigenvalue weighted by Gasteiger charge is 2.07. The molecule has 0 aromatic heterocycles. The van der Waals surface area contributed by atoms with Gasteiger partial charge in [-0.05, 0) is 36.8 Å². The normalized spacial score (nSPS) is 10.3. The van der Waals surface area contributed by atoms with Crippen molar-refractivity contribution in [3.05, 3.63) is 52.0 Å². The Morgan fingerprint density at radius 2 is 2.05 bits per heavy atom. The maximum absolute atomic E-state index is 10.0. The molecule has 2 rings (SSSR count). The summed E-state index contributed by atoms with van der Waals surface area (Å²) in [5.41, 5.74) is 3.00. The summed E-state index contributed by atoms with van der Waals surface area (Å²) in [6, 6.07) is 11.5. The molecule has 4 heteroatoms. The molecular formula is C15H16BrNO2. The molecule has 0 atom stereocenters. The number of hydrogen-bond donors (Lipinski definition) is 2. The van der Waals surface area contributed by atoms with Crippen LogP contribution in [0.3, 0.4) is 0 Å². The molecule has 0 aliphatic rings. The van der Waals surface area contributed by atoms with Crippen molar-refractivity contribution in [3.63, 3.8) is 0 Å². The Morgan fingerprint density at radius 3 is 2.74 bits per heavy atom. The number of aryl methyl sites for hydroxylation is 1. The second-order valence-corrected chi connectivity index (χ2v) is 5.20. The number of hydrogen-bond acceptors (Lipinski definition) is 3. The van der Waals surface area contributed by atoms with E-state index in [9.17, 15) is 5.11 Å². The average Bonchev–Trinajstić information content (AvgIpc) is 2.39. The number of rotatable bonds is 4. The quantitative estimate of drug-likeness (QED) is 0.891. The molecule has 0 spiro atoms. The van der Waals surface area contributed by atoms with Gasteiger partial charge in [0.2, 0.25) is 0 Å². The first-order valence-corrected chi connectivity index (χ1v) is 6.76. The number of phenols is 1. The number of phenolic OH excluding ortho intramolecular Hbond substituents is 1. The van der Waals surface area contributed by atoms with Crippen molar-refractivity contribution in [2.45, 2.75) is 13.5 Å². The highest BCUT2D eigenvalue weighted by molar-refractivity contribution is 9.10. The first kappa shape index (κ1) is 13.7. The van der Waals surface area contributed by atoms with Gasteiger partial charge in [-0.3, -0.25) is 0 Å². The summed E-state index contributed by atoms with van der Waals surface area (Å²) in [4.78, 5) is 0. The molecule has 19 heavy (non-hydrogen) atoms. The van der Waals surface area contributed by atoms with Crippen LogP contribution in [0.15, 0.2) is 40.9 Å². The minimum Gasteiger partial charge on any atom is -0.504 e. The van der Waals surface area contributed by atoms with Gasteiger partial charge in [-0.1, -0.05) is 28.1 Å². The first-order valence-electron chi connectivity index (χ1n) is 5.96. The van der Waals surface area contributed by atoms with Gasteiger partial charge >= 0.3 is 0 Å². The number of benzene rings is 2. The molecule has 2 aromatic carbocycles. The summed E-state index contributed by atoms with van der Waals surface area (Å²) >= 11 is 3.44. The minimum atomic E-state index is 0.187. The van der Waals surface area contributed by atoms with Crippen molar-refractivity contribution >= 4 is 21.6 Å². The van der Waals surface area contributed by atoms with E-state index in [4.69, 9.17) is 4.74 Å². The lowest BCUT2D eigenvalue weighted by molar-refractivity contribution is 0.371. The number of nitrogens with one attached hydrogen (secondary N) is 1. The van der Waals surface area contributed by atoms with Gasteiger partial charge in [0.25, 0.3) is 0 Å². The monoisotopic (exact) mass is 321 g/mol. The number of anilines is 1. The van der Waals surface area contributed by atoms with E-state index in [1.807, 2.05) is 37.3 Å². The standard InChI is InChI=1S/C15H16BrNO2/c1-10-8-12(16)6-7-13(10)17-9-11-4-3-5-14(19-2)15(11)18/h3-8,17-18H,9H2,1-2H3. The minimum absolute atomic E-state index is 0.187. The summed E-state index contributed by atoms with van der Waals surface area (Å²) in [5, 5.41) is 13.3. The van der Waals surface area contributed by atoms with Crippen molar-refractivity contribution in [2.75, 3.05) is 12.4 Å². The van der Waals surface area contributed by atoms with Gasteiger partial charge in [0.15, 0.2) is 11.5 Å². The van der Waals surface area contributed by atoms with Gasteiger partial charge in [-0.25, -0.2) is 0 Å². The third-order valence-corrected chi connectivity index (χ3v) is 3.45. The second kappa shape index (κ2) is 5.97. The first-order chi connectivity index (χ1) is 9.11. The lowest BCUT2D eigenvalue weighted by Gasteiger charge is -2.12. The molecule has 0 amide bonds. The third kappa shape index (κ3) is 3.20. The zero-order chi connectivity index (χ0) is 13.8. The fraction of sp³-hybridized carbons (Fsp3) is 0.200. The molecule has 0 unspecified atom stereocenters. The van der Waals surface area contributed by atoms with E-state index in [-0.39, 0.29) is 5.75 Å². The Balaban J connectivity index is 2.14. The van der Waals surface area contributed by atoms with E-state index in [1.165, 1.54) is 0 Å². The summed E-state index contributed by atoms with van der Waals surface area (Å²) in [6.07, 6.45) is 0. The van der Waals surface area contributed by atoms with Crippen LogP contribution in [0, 0.1) is 6.92 Å². The van der Waals surface area contributed by atoms with E-state index in [1.54, 1.807) is 13.2 Å². The highest BCUT2D eigenvalue weighted by atomic mass is 79.9. The van der Waals surface area contributed by atoms with E-state index in [2.05, 4.69) is 21.2 Å². The van der Waals surface area contributed by atoms with Crippen molar-refractivity contribution in [1.29, 1.82) is 0 Å². The van der Waals surface area contributed by atoms with Crippen LogP contribution in [0.2, 0.25) is 0 Å². The number of ether oxygens (including phenoxy) is 1. The van der Waals surface area contributed by atoms with Crippen LogP contribution in [0.1, 0.15) is 11.1 Å². The molecule has 0 saturated carbocycles. The van der Waals surface area contributed by atoms with Gasteiger partial charge in [0.1, 0.15) is 0 Å². The van der Waals surface area contributed by atoms with Gasteiger partial charge in [-0.2, -0.15) is 0 Å². The largest absolute Gasteiger partial charge is 0.504 e. The maximum atomic E-state index is 10.0. The number of aromatic hydroxyl groups is 1. The van der Waals surface area contributed by atoms with E-state index in [0.717, 1.165) is 21.3 Å². The van der Waals surface area contributed by atoms with Crippen molar-refractivity contribution in [3.8, 4) is 11.5 Å². The van der Waals surface area contributed by atoms with Crippen molar-refractivity contribution in [1.82, 2.24) is 0 Å².